The third kappa shape index (κ3) is 2.82. The van der Waals surface area contributed by atoms with Gasteiger partial charge in [-0.05, 0) is 49.2 Å². The highest BCUT2D eigenvalue weighted by Crippen LogP contribution is 2.33. The highest BCUT2D eigenvalue weighted by molar-refractivity contribution is 7.09. The highest BCUT2D eigenvalue weighted by atomic mass is 32.1. The molecule has 0 bridgehead atoms. The van der Waals surface area contributed by atoms with Crippen molar-refractivity contribution < 1.29 is 13.6 Å². The Morgan fingerprint density at radius 2 is 2.00 bits per heavy atom. The number of nitrogens with zero attached hydrogens (tertiary/aromatic N) is 2. The first kappa shape index (κ1) is 15.9. The van der Waals surface area contributed by atoms with Gasteiger partial charge in [-0.1, -0.05) is 6.07 Å². The van der Waals surface area contributed by atoms with E-state index in [4.69, 9.17) is 0 Å². The van der Waals surface area contributed by atoms with E-state index in [0.29, 0.717) is 6.54 Å². The second-order valence-electron chi connectivity index (χ2n) is 5.93. The zero-order valence-electron chi connectivity index (χ0n) is 13.4. The van der Waals surface area contributed by atoms with Crippen molar-refractivity contribution in [2.45, 2.75) is 13.3 Å². The van der Waals surface area contributed by atoms with Gasteiger partial charge in [0.1, 0.15) is 0 Å². The number of thiazole rings is 1. The molecule has 0 fully saturated rings. The van der Waals surface area contributed by atoms with Crippen molar-refractivity contribution in [3.05, 3.63) is 69.5 Å². The third-order valence-corrected chi connectivity index (χ3v) is 5.08. The van der Waals surface area contributed by atoms with Crippen molar-refractivity contribution in [3.8, 4) is 11.3 Å². The molecule has 0 unspecified atom stereocenters. The number of fused-ring (bicyclic) bond motifs is 1. The Hall–Kier alpha value is -2.60. The summed E-state index contributed by atoms with van der Waals surface area (Å²) in [5.74, 6) is -2.30. The number of aromatic nitrogens is 1. The number of rotatable bonds is 2. The monoisotopic (exact) mass is 356 g/mol. The van der Waals surface area contributed by atoms with Crippen LogP contribution in [-0.4, -0.2) is 17.4 Å². The lowest BCUT2D eigenvalue weighted by Gasteiger charge is -2.17. The summed E-state index contributed by atoms with van der Waals surface area (Å²) in [4.78, 5) is 18.8. The van der Waals surface area contributed by atoms with Crippen LogP contribution in [0.3, 0.4) is 0 Å². The number of halogens is 2. The Balaban J connectivity index is 1.65. The minimum Gasteiger partial charge on any atom is -0.308 e. The standard InChI is InChI=1S/C19H14F2N2OS/c1-11-22-17(10-25-11)12-3-5-18-13(8-12)6-7-23(18)19(24)14-2-4-15(20)16(21)9-14/h2-5,8-10H,6-7H2,1H3. The molecular formula is C19H14F2N2OS. The Labute approximate surface area is 147 Å². The number of benzene rings is 2. The minimum atomic E-state index is -1.01. The summed E-state index contributed by atoms with van der Waals surface area (Å²) in [5.41, 5.74) is 3.95. The van der Waals surface area contributed by atoms with Gasteiger partial charge in [0.15, 0.2) is 11.6 Å². The second-order valence-corrected chi connectivity index (χ2v) is 6.99. The first-order chi connectivity index (χ1) is 12.0. The van der Waals surface area contributed by atoms with E-state index in [-0.39, 0.29) is 11.5 Å². The fourth-order valence-corrected chi connectivity index (χ4v) is 3.68. The van der Waals surface area contributed by atoms with Crippen LogP contribution in [0.15, 0.2) is 41.8 Å². The summed E-state index contributed by atoms with van der Waals surface area (Å²) in [6.45, 7) is 2.48. The van der Waals surface area contributed by atoms with Gasteiger partial charge in [0.05, 0.1) is 10.7 Å². The van der Waals surface area contributed by atoms with Crippen LogP contribution in [0, 0.1) is 18.6 Å². The van der Waals surface area contributed by atoms with E-state index in [0.717, 1.165) is 46.1 Å². The number of amides is 1. The number of anilines is 1. The lowest BCUT2D eigenvalue weighted by Crippen LogP contribution is -2.29. The van der Waals surface area contributed by atoms with Crippen molar-refractivity contribution in [1.29, 1.82) is 0 Å². The van der Waals surface area contributed by atoms with Crippen LogP contribution < -0.4 is 4.90 Å². The lowest BCUT2D eigenvalue weighted by atomic mass is 10.1. The molecule has 1 amide bonds. The van der Waals surface area contributed by atoms with Gasteiger partial charge in [-0.3, -0.25) is 4.79 Å². The Bertz CT molecular complexity index is 983. The summed E-state index contributed by atoms with van der Waals surface area (Å²) < 4.78 is 26.5. The molecule has 1 aromatic heterocycles. The maximum absolute atomic E-state index is 13.4. The molecule has 3 nitrogen and oxygen atoms in total. The summed E-state index contributed by atoms with van der Waals surface area (Å²) in [6.07, 6.45) is 0.724. The molecule has 3 aromatic rings. The molecule has 0 radical (unpaired) electrons. The Morgan fingerprint density at radius 1 is 1.16 bits per heavy atom. The molecule has 0 N–H and O–H groups in total. The number of hydrogen-bond donors (Lipinski definition) is 0. The SMILES string of the molecule is Cc1nc(-c2ccc3c(c2)CCN3C(=O)c2ccc(F)c(F)c2)cs1. The van der Waals surface area contributed by atoms with Crippen molar-refractivity contribution in [3.63, 3.8) is 0 Å². The van der Waals surface area contributed by atoms with Gasteiger partial charge in [-0.25, -0.2) is 13.8 Å². The predicted molar refractivity (Wildman–Crippen MR) is 94.0 cm³/mol. The average Bonchev–Trinajstić information content (AvgIpc) is 3.22. The predicted octanol–water partition coefficient (Wildman–Crippen LogP) is 4.60. The van der Waals surface area contributed by atoms with Gasteiger partial charge in [-0.2, -0.15) is 0 Å². The van der Waals surface area contributed by atoms with Gasteiger partial charge in [0.2, 0.25) is 0 Å². The highest BCUT2D eigenvalue weighted by Gasteiger charge is 2.26. The van der Waals surface area contributed by atoms with E-state index in [2.05, 4.69) is 4.98 Å². The van der Waals surface area contributed by atoms with E-state index in [1.807, 2.05) is 30.5 Å². The number of hydrogen-bond acceptors (Lipinski definition) is 3. The van der Waals surface area contributed by atoms with Crippen LogP contribution in [0.25, 0.3) is 11.3 Å². The van der Waals surface area contributed by atoms with E-state index < -0.39 is 11.6 Å². The fraction of sp³-hybridized carbons (Fsp3) is 0.158. The van der Waals surface area contributed by atoms with E-state index in [1.165, 1.54) is 6.07 Å². The third-order valence-electron chi connectivity index (χ3n) is 4.30. The number of carbonyl (C=O) groups excluding carboxylic acids is 1. The zero-order valence-corrected chi connectivity index (χ0v) is 14.2. The van der Waals surface area contributed by atoms with Gasteiger partial charge in [-0.15, -0.1) is 11.3 Å². The molecule has 0 saturated carbocycles. The van der Waals surface area contributed by atoms with Gasteiger partial charge < -0.3 is 4.90 Å². The molecular weight excluding hydrogens is 342 g/mol. The molecule has 2 aromatic carbocycles. The molecule has 2 heterocycles. The normalized spacial score (nSPS) is 13.2. The van der Waals surface area contributed by atoms with Crippen LogP contribution in [0.5, 0.6) is 0 Å². The first-order valence-corrected chi connectivity index (χ1v) is 8.73. The summed E-state index contributed by atoms with van der Waals surface area (Å²) in [5, 5.41) is 3.02. The smallest absolute Gasteiger partial charge is 0.258 e. The van der Waals surface area contributed by atoms with Crippen molar-refractivity contribution in [2.75, 3.05) is 11.4 Å². The lowest BCUT2D eigenvalue weighted by molar-refractivity contribution is 0.0989. The Kier molecular flexibility index (Phi) is 3.84. The Morgan fingerprint density at radius 3 is 2.72 bits per heavy atom. The van der Waals surface area contributed by atoms with Crippen molar-refractivity contribution in [1.82, 2.24) is 4.98 Å². The van der Waals surface area contributed by atoms with Crippen molar-refractivity contribution in [2.24, 2.45) is 0 Å². The topological polar surface area (TPSA) is 33.2 Å². The van der Waals surface area contributed by atoms with Gasteiger partial charge in [0.25, 0.3) is 5.91 Å². The molecule has 0 spiro atoms. The minimum absolute atomic E-state index is 0.144. The molecule has 1 aliphatic rings. The van der Waals surface area contributed by atoms with Crippen LogP contribution in [0.1, 0.15) is 20.9 Å². The van der Waals surface area contributed by atoms with Crippen LogP contribution in [0.2, 0.25) is 0 Å². The molecule has 1 aliphatic heterocycles. The van der Waals surface area contributed by atoms with Crippen LogP contribution in [-0.2, 0) is 6.42 Å². The average molecular weight is 356 g/mol. The molecule has 0 aliphatic carbocycles. The van der Waals surface area contributed by atoms with Gasteiger partial charge >= 0.3 is 0 Å². The molecule has 0 saturated heterocycles. The van der Waals surface area contributed by atoms with E-state index in [9.17, 15) is 13.6 Å². The number of carbonyl (C=O) groups is 1. The second kappa shape index (κ2) is 6.04. The fourth-order valence-electron chi connectivity index (χ4n) is 3.05. The summed E-state index contributed by atoms with van der Waals surface area (Å²) in [6, 6.07) is 9.11. The molecule has 126 valence electrons. The summed E-state index contributed by atoms with van der Waals surface area (Å²) in [7, 11) is 0. The molecule has 6 heteroatoms. The quantitative estimate of drug-likeness (QED) is 0.672. The largest absolute Gasteiger partial charge is 0.308 e. The van der Waals surface area contributed by atoms with E-state index in [1.54, 1.807) is 16.2 Å². The maximum atomic E-state index is 13.4. The maximum Gasteiger partial charge on any atom is 0.258 e. The molecule has 4 rings (SSSR count). The summed E-state index contributed by atoms with van der Waals surface area (Å²) >= 11 is 1.60. The zero-order chi connectivity index (χ0) is 17.6. The molecule has 0 atom stereocenters. The first-order valence-electron chi connectivity index (χ1n) is 7.85. The van der Waals surface area contributed by atoms with E-state index >= 15 is 0 Å². The van der Waals surface area contributed by atoms with Gasteiger partial charge in [0, 0.05) is 28.7 Å². The molecule has 25 heavy (non-hydrogen) atoms. The van der Waals surface area contributed by atoms with Crippen molar-refractivity contribution >= 4 is 22.9 Å². The number of aryl methyl sites for hydroxylation is 1. The van der Waals surface area contributed by atoms with Crippen LogP contribution >= 0.6 is 11.3 Å². The van der Waals surface area contributed by atoms with Crippen LogP contribution in [0.4, 0.5) is 14.5 Å².